The summed E-state index contributed by atoms with van der Waals surface area (Å²) in [5.41, 5.74) is 0.310. The summed E-state index contributed by atoms with van der Waals surface area (Å²) >= 11 is 7.62. The van der Waals surface area contributed by atoms with Gasteiger partial charge in [0.2, 0.25) is 0 Å². The van der Waals surface area contributed by atoms with Gasteiger partial charge in [-0.3, -0.25) is 20.2 Å². The molecule has 0 saturated heterocycles. The van der Waals surface area contributed by atoms with Crippen molar-refractivity contribution >= 4 is 34.7 Å². The van der Waals surface area contributed by atoms with Crippen LogP contribution in [0.5, 0.6) is 0 Å². The average Bonchev–Trinajstić information content (AvgIpc) is 2.55. The summed E-state index contributed by atoms with van der Waals surface area (Å²) in [5.74, 6) is 0. The standard InChI is InChI=1S/C16H15ClN2O4S/c1-11(17)16(2,12-6-4-3-5-7-12)24-15-9-8-13(18(20)21)10-14(15)19(22)23/h3-11H,1-2H3/t11-,16+/m0/s1. The van der Waals surface area contributed by atoms with Crippen LogP contribution in [0.25, 0.3) is 0 Å². The summed E-state index contributed by atoms with van der Waals surface area (Å²) < 4.78 is -0.635. The van der Waals surface area contributed by atoms with E-state index >= 15 is 0 Å². The molecule has 0 amide bonds. The summed E-state index contributed by atoms with van der Waals surface area (Å²) in [6.45, 7) is 3.72. The Balaban J connectivity index is 2.51. The number of thioether (sulfide) groups is 1. The van der Waals surface area contributed by atoms with E-state index in [0.717, 1.165) is 11.6 Å². The number of hydrogen-bond donors (Lipinski definition) is 0. The summed E-state index contributed by atoms with van der Waals surface area (Å²) in [4.78, 5) is 21.3. The van der Waals surface area contributed by atoms with Crippen LogP contribution in [-0.2, 0) is 4.75 Å². The minimum atomic E-state index is -0.651. The number of nitro benzene ring substituents is 2. The zero-order valence-corrected chi connectivity index (χ0v) is 14.6. The van der Waals surface area contributed by atoms with E-state index in [1.165, 1.54) is 23.9 Å². The SMILES string of the molecule is C[C@H](Cl)[C@@](C)(Sc1ccc([N+](=O)[O-])cc1[N+](=O)[O-])c1ccccc1. The van der Waals surface area contributed by atoms with Gasteiger partial charge in [0.1, 0.15) is 0 Å². The van der Waals surface area contributed by atoms with Crippen LogP contribution in [0.15, 0.2) is 53.4 Å². The molecule has 6 nitrogen and oxygen atoms in total. The third-order valence-electron chi connectivity index (χ3n) is 3.78. The molecule has 0 aliphatic carbocycles. The van der Waals surface area contributed by atoms with Crippen LogP contribution in [-0.4, -0.2) is 15.2 Å². The van der Waals surface area contributed by atoms with Crippen LogP contribution in [0, 0.1) is 20.2 Å². The van der Waals surface area contributed by atoms with E-state index in [9.17, 15) is 20.2 Å². The molecule has 0 aliphatic heterocycles. The quantitative estimate of drug-likeness (QED) is 0.306. The van der Waals surface area contributed by atoms with Crippen molar-refractivity contribution in [1.29, 1.82) is 0 Å². The highest BCUT2D eigenvalue weighted by atomic mass is 35.5. The Hall–Kier alpha value is -2.12. The first-order valence-electron chi connectivity index (χ1n) is 7.07. The summed E-state index contributed by atoms with van der Waals surface area (Å²) in [6, 6.07) is 13.1. The first-order chi connectivity index (χ1) is 11.3. The Morgan fingerprint density at radius 3 is 2.21 bits per heavy atom. The second-order valence-corrected chi connectivity index (χ2v) is 7.50. The van der Waals surface area contributed by atoms with Crippen LogP contribution in [0.4, 0.5) is 11.4 Å². The van der Waals surface area contributed by atoms with Crippen molar-refractivity contribution < 1.29 is 9.85 Å². The zero-order valence-electron chi connectivity index (χ0n) is 13.0. The van der Waals surface area contributed by atoms with Crippen LogP contribution < -0.4 is 0 Å². The van der Waals surface area contributed by atoms with Crippen molar-refractivity contribution in [1.82, 2.24) is 0 Å². The molecule has 2 atom stereocenters. The molecule has 0 aliphatic rings. The Kier molecular flexibility index (Phi) is 5.46. The molecule has 0 aromatic heterocycles. The molecule has 126 valence electrons. The number of nitro groups is 2. The van der Waals surface area contributed by atoms with E-state index < -0.39 is 14.6 Å². The Labute approximate surface area is 148 Å². The van der Waals surface area contributed by atoms with Crippen molar-refractivity contribution in [2.45, 2.75) is 28.9 Å². The topological polar surface area (TPSA) is 86.3 Å². The van der Waals surface area contributed by atoms with Gasteiger partial charge in [-0.05, 0) is 25.5 Å². The number of nitrogens with zero attached hydrogens (tertiary/aromatic N) is 2. The predicted molar refractivity (Wildman–Crippen MR) is 94.7 cm³/mol. The highest BCUT2D eigenvalue weighted by Gasteiger charge is 2.36. The molecule has 2 rings (SSSR count). The van der Waals surface area contributed by atoms with Gasteiger partial charge >= 0.3 is 0 Å². The van der Waals surface area contributed by atoms with E-state index in [4.69, 9.17) is 11.6 Å². The van der Waals surface area contributed by atoms with Crippen LogP contribution in [0.2, 0.25) is 0 Å². The van der Waals surface area contributed by atoms with Gasteiger partial charge in [0.05, 0.1) is 25.6 Å². The number of rotatable bonds is 6. The first-order valence-corrected chi connectivity index (χ1v) is 8.32. The van der Waals surface area contributed by atoms with Crippen LogP contribution in [0.1, 0.15) is 19.4 Å². The largest absolute Gasteiger partial charge is 0.289 e. The maximum atomic E-state index is 11.3. The van der Waals surface area contributed by atoms with Gasteiger partial charge in [-0.15, -0.1) is 23.4 Å². The zero-order chi connectivity index (χ0) is 17.9. The molecule has 0 saturated carbocycles. The number of non-ortho nitro benzene ring substituents is 1. The molecule has 0 N–H and O–H groups in total. The summed E-state index contributed by atoms with van der Waals surface area (Å²) in [7, 11) is 0. The normalized spacial score (nSPS) is 14.6. The van der Waals surface area contributed by atoms with E-state index in [1.54, 1.807) is 0 Å². The Bertz CT molecular complexity index is 770. The lowest BCUT2D eigenvalue weighted by atomic mass is 9.97. The second-order valence-electron chi connectivity index (χ2n) is 5.36. The minimum absolute atomic E-state index is 0.298. The van der Waals surface area contributed by atoms with Gasteiger partial charge in [0.15, 0.2) is 0 Å². The summed E-state index contributed by atoms with van der Waals surface area (Å²) in [5, 5.41) is 21.8. The first kappa shape index (κ1) is 18.2. The Morgan fingerprint density at radius 1 is 1.08 bits per heavy atom. The van der Waals surface area contributed by atoms with Crippen LogP contribution >= 0.6 is 23.4 Å². The average molecular weight is 367 g/mol. The second kappa shape index (κ2) is 7.19. The molecule has 2 aromatic carbocycles. The highest BCUT2D eigenvalue weighted by molar-refractivity contribution is 8.00. The monoisotopic (exact) mass is 366 g/mol. The fourth-order valence-electron chi connectivity index (χ4n) is 2.22. The minimum Gasteiger partial charge on any atom is -0.258 e. The summed E-state index contributed by atoms with van der Waals surface area (Å²) in [6.07, 6.45) is 0. The lowest BCUT2D eigenvalue weighted by Crippen LogP contribution is -2.27. The molecular formula is C16H15ClN2O4S. The molecule has 24 heavy (non-hydrogen) atoms. The van der Waals surface area contributed by atoms with Gasteiger partial charge in [0.25, 0.3) is 11.4 Å². The molecule has 0 heterocycles. The van der Waals surface area contributed by atoms with Crippen molar-refractivity contribution in [3.8, 4) is 0 Å². The van der Waals surface area contributed by atoms with Gasteiger partial charge in [0, 0.05) is 11.4 Å². The van der Waals surface area contributed by atoms with Gasteiger partial charge < -0.3 is 0 Å². The van der Waals surface area contributed by atoms with E-state index in [0.29, 0.717) is 4.90 Å². The van der Waals surface area contributed by atoms with Crippen LogP contribution in [0.3, 0.4) is 0 Å². The number of alkyl halides is 1. The molecule has 0 fully saturated rings. The van der Waals surface area contributed by atoms with E-state index in [2.05, 4.69) is 0 Å². The fourth-order valence-corrected chi connectivity index (χ4v) is 3.72. The van der Waals surface area contributed by atoms with Crippen molar-refractivity contribution in [2.24, 2.45) is 0 Å². The molecule has 0 radical (unpaired) electrons. The van der Waals surface area contributed by atoms with Gasteiger partial charge in [-0.1, -0.05) is 30.3 Å². The molecular weight excluding hydrogens is 352 g/mol. The maximum Gasteiger partial charge on any atom is 0.289 e. The number of hydrogen-bond acceptors (Lipinski definition) is 5. The van der Waals surface area contributed by atoms with E-state index in [-0.39, 0.29) is 16.8 Å². The van der Waals surface area contributed by atoms with Crippen molar-refractivity contribution in [3.63, 3.8) is 0 Å². The maximum absolute atomic E-state index is 11.3. The van der Waals surface area contributed by atoms with Gasteiger partial charge in [-0.25, -0.2) is 0 Å². The predicted octanol–water partition coefficient (Wildman–Crippen LogP) is 5.14. The lowest BCUT2D eigenvalue weighted by molar-refractivity contribution is -0.396. The number of benzene rings is 2. The van der Waals surface area contributed by atoms with E-state index in [1.807, 2.05) is 44.2 Å². The fraction of sp³-hybridized carbons (Fsp3) is 0.250. The van der Waals surface area contributed by atoms with Crippen molar-refractivity contribution in [2.75, 3.05) is 0 Å². The van der Waals surface area contributed by atoms with Crippen molar-refractivity contribution in [3.05, 3.63) is 74.3 Å². The molecule has 8 heteroatoms. The highest BCUT2D eigenvalue weighted by Crippen LogP contribution is 2.48. The third-order valence-corrected chi connectivity index (χ3v) is 5.92. The molecule has 0 bridgehead atoms. The molecule has 2 aromatic rings. The number of halogens is 1. The molecule has 0 spiro atoms. The lowest BCUT2D eigenvalue weighted by Gasteiger charge is -2.32. The van der Waals surface area contributed by atoms with Gasteiger partial charge in [-0.2, -0.15) is 0 Å². The third kappa shape index (κ3) is 3.68. The Morgan fingerprint density at radius 2 is 1.71 bits per heavy atom. The smallest absolute Gasteiger partial charge is 0.258 e. The molecule has 0 unspecified atom stereocenters.